The lowest BCUT2D eigenvalue weighted by atomic mass is 10.1. The minimum atomic E-state index is -0.890. The molecule has 0 saturated carbocycles. The summed E-state index contributed by atoms with van der Waals surface area (Å²) in [6, 6.07) is 0. The summed E-state index contributed by atoms with van der Waals surface area (Å²) in [5.41, 5.74) is -0.890. The topological polar surface area (TPSA) is 47.9 Å². The van der Waals surface area contributed by atoms with E-state index in [1.165, 1.54) is 7.11 Å². The number of rotatable bonds is 1. The smallest absolute Gasteiger partial charge is 0.351 e. The van der Waals surface area contributed by atoms with Gasteiger partial charge >= 0.3 is 5.97 Å². The van der Waals surface area contributed by atoms with Crippen molar-refractivity contribution < 1.29 is 14.3 Å². The van der Waals surface area contributed by atoms with Crippen LogP contribution in [0.5, 0.6) is 0 Å². The van der Waals surface area contributed by atoms with Gasteiger partial charge in [0.1, 0.15) is 0 Å². The number of carbonyl (C=O) groups is 1. The van der Waals surface area contributed by atoms with Crippen LogP contribution in [0.15, 0.2) is 4.99 Å². The van der Waals surface area contributed by atoms with E-state index in [0.29, 0.717) is 12.4 Å². The highest BCUT2D eigenvalue weighted by atomic mass is 16.6. The Kier molecular flexibility index (Phi) is 1.85. The molecule has 1 rings (SSSR count). The van der Waals surface area contributed by atoms with Gasteiger partial charge in [-0.25, -0.2) is 4.79 Å². The van der Waals surface area contributed by atoms with Crippen LogP contribution in [0.1, 0.15) is 13.8 Å². The summed E-state index contributed by atoms with van der Waals surface area (Å²) in [7, 11) is 1.34. The Balaban J connectivity index is 2.66. The molecule has 0 bridgehead atoms. The van der Waals surface area contributed by atoms with Crippen LogP contribution in [0, 0.1) is 0 Å². The van der Waals surface area contributed by atoms with Crippen LogP contribution in [-0.2, 0) is 14.3 Å². The number of ether oxygens (including phenoxy) is 2. The SMILES string of the molecule is COC(=O)[C@@]1(C)CN=C(C)O1. The maximum Gasteiger partial charge on any atom is 0.351 e. The third-order valence-corrected chi connectivity index (χ3v) is 1.59. The fourth-order valence-electron chi connectivity index (χ4n) is 0.975. The molecule has 4 nitrogen and oxygen atoms in total. The van der Waals surface area contributed by atoms with Gasteiger partial charge in [0.25, 0.3) is 0 Å². The fourth-order valence-corrected chi connectivity index (χ4v) is 0.975. The number of carbonyl (C=O) groups excluding carboxylic acids is 1. The normalized spacial score (nSPS) is 29.2. The molecule has 62 valence electrons. The predicted octanol–water partition coefficient (Wildman–Crippen LogP) is 0.367. The molecule has 0 aromatic heterocycles. The molecule has 1 atom stereocenters. The Bertz CT molecular complexity index is 212. The van der Waals surface area contributed by atoms with Gasteiger partial charge in [0.15, 0.2) is 5.90 Å². The minimum Gasteiger partial charge on any atom is -0.466 e. The summed E-state index contributed by atoms with van der Waals surface area (Å²) in [6.07, 6.45) is 0. The van der Waals surface area contributed by atoms with Crippen LogP contribution in [0.3, 0.4) is 0 Å². The van der Waals surface area contributed by atoms with Crippen molar-refractivity contribution in [1.82, 2.24) is 0 Å². The summed E-state index contributed by atoms with van der Waals surface area (Å²) in [5.74, 6) is 0.163. The molecule has 0 aromatic rings. The molecule has 1 aliphatic rings. The van der Waals surface area contributed by atoms with Gasteiger partial charge in [0.05, 0.1) is 13.7 Å². The van der Waals surface area contributed by atoms with Gasteiger partial charge in [-0.2, -0.15) is 0 Å². The Labute approximate surface area is 65.2 Å². The molecule has 1 heterocycles. The number of esters is 1. The summed E-state index contributed by atoms with van der Waals surface area (Å²) >= 11 is 0. The fraction of sp³-hybridized carbons (Fsp3) is 0.714. The average Bonchev–Trinajstić information content (AvgIpc) is 2.31. The van der Waals surface area contributed by atoms with Gasteiger partial charge in [0, 0.05) is 6.92 Å². The van der Waals surface area contributed by atoms with E-state index in [2.05, 4.69) is 9.73 Å². The molecule has 0 aliphatic carbocycles. The van der Waals surface area contributed by atoms with Crippen molar-refractivity contribution in [3.05, 3.63) is 0 Å². The summed E-state index contributed by atoms with van der Waals surface area (Å²) in [4.78, 5) is 15.0. The van der Waals surface area contributed by atoms with Gasteiger partial charge in [-0.05, 0) is 6.92 Å². The standard InChI is InChI=1S/C7H11NO3/c1-5-8-4-7(2,11-5)6(9)10-3/h4H2,1-3H3/t7-/m1/s1. The first-order valence-corrected chi connectivity index (χ1v) is 3.37. The molecule has 0 radical (unpaired) electrons. The maximum absolute atomic E-state index is 11.1. The van der Waals surface area contributed by atoms with Crippen molar-refractivity contribution in [3.63, 3.8) is 0 Å². The predicted molar refractivity (Wildman–Crippen MR) is 39.5 cm³/mol. The second-order valence-corrected chi connectivity index (χ2v) is 2.66. The third-order valence-electron chi connectivity index (χ3n) is 1.59. The largest absolute Gasteiger partial charge is 0.466 e. The van der Waals surface area contributed by atoms with Crippen molar-refractivity contribution in [2.75, 3.05) is 13.7 Å². The zero-order valence-corrected chi connectivity index (χ0v) is 6.88. The van der Waals surface area contributed by atoms with Crippen molar-refractivity contribution >= 4 is 11.9 Å². The molecule has 0 N–H and O–H groups in total. The summed E-state index contributed by atoms with van der Waals surface area (Å²) in [5, 5.41) is 0. The van der Waals surface area contributed by atoms with Crippen molar-refractivity contribution in [1.29, 1.82) is 0 Å². The highest BCUT2D eigenvalue weighted by Crippen LogP contribution is 2.19. The molecule has 1 aliphatic heterocycles. The van der Waals surface area contributed by atoms with Crippen LogP contribution in [0.25, 0.3) is 0 Å². The van der Waals surface area contributed by atoms with Gasteiger partial charge in [-0.1, -0.05) is 0 Å². The molecule has 11 heavy (non-hydrogen) atoms. The maximum atomic E-state index is 11.1. The lowest BCUT2D eigenvalue weighted by molar-refractivity contribution is -0.156. The molecular weight excluding hydrogens is 146 g/mol. The van der Waals surface area contributed by atoms with Gasteiger partial charge in [-0.15, -0.1) is 0 Å². The first-order valence-electron chi connectivity index (χ1n) is 3.37. The number of aliphatic imine (C=N–C) groups is 1. The van der Waals surface area contributed by atoms with E-state index in [1.807, 2.05) is 0 Å². The van der Waals surface area contributed by atoms with Crippen LogP contribution < -0.4 is 0 Å². The Hall–Kier alpha value is -1.06. The van der Waals surface area contributed by atoms with E-state index in [4.69, 9.17) is 4.74 Å². The Morgan fingerprint density at radius 3 is 2.82 bits per heavy atom. The first-order chi connectivity index (χ1) is 5.08. The highest BCUT2D eigenvalue weighted by molar-refractivity contribution is 5.86. The van der Waals surface area contributed by atoms with E-state index in [0.717, 1.165) is 0 Å². The molecule has 0 fully saturated rings. The van der Waals surface area contributed by atoms with Crippen LogP contribution in [0.4, 0.5) is 0 Å². The molecule has 0 unspecified atom stereocenters. The molecular formula is C7H11NO3. The number of hydrogen-bond donors (Lipinski definition) is 0. The zero-order valence-electron chi connectivity index (χ0n) is 6.88. The lowest BCUT2D eigenvalue weighted by Gasteiger charge is -2.19. The van der Waals surface area contributed by atoms with Crippen LogP contribution >= 0.6 is 0 Å². The zero-order chi connectivity index (χ0) is 8.48. The molecule has 0 spiro atoms. The van der Waals surface area contributed by atoms with Crippen molar-refractivity contribution in [2.24, 2.45) is 4.99 Å². The van der Waals surface area contributed by atoms with E-state index >= 15 is 0 Å². The van der Waals surface area contributed by atoms with Crippen LogP contribution in [-0.4, -0.2) is 31.1 Å². The molecule has 0 aromatic carbocycles. The van der Waals surface area contributed by atoms with E-state index in [9.17, 15) is 4.79 Å². The van der Waals surface area contributed by atoms with Gasteiger partial charge in [0.2, 0.25) is 5.60 Å². The second-order valence-electron chi connectivity index (χ2n) is 2.66. The summed E-state index contributed by atoms with van der Waals surface area (Å²) in [6.45, 7) is 3.73. The average molecular weight is 157 g/mol. The monoisotopic (exact) mass is 157 g/mol. The molecule has 4 heteroatoms. The van der Waals surface area contributed by atoms with Gasteiger partial charge in [-0.3, -0.25) is 4.99 Å². The van der Waals surface area contributed by atoms with Crippen molar-refractivity contribution in [3.8, 4) is 0 Å². The minimum absolute atomic E-state index is 0.353. The molecule has 0 saturated heterocycles. The molecule has 0 amide bonds. The van der Waals surface area contributed by atoms with Gasteiger partial charge < -0.3 is 9.47 Å². The number of hydrogen-bond acceptors (Lipinski definition) is 4. The Morgan fingerprint density at radius 2 is 2.45 bits per heavy atom. The summed E-state index contributed by atoms with van der Waals surface area (Å²) < 4.78 is 9.73. The van der Waals surface area contributed by atoms with E-state index in [-0.39, 0.29) is 5.97 Å². The number of methoxy groups -OCH3 is 1. The highest BCUT2D eigenvalue weighted by Gasteiger charge is 2.40. The Morgan fingerprint density at radius 1 is 1.82 bits per heavy atom. The van der Waals surface area contributed by atoms with E-state index < -0.39 is 5.60 Å². The second kappa shape index (κ2) is 2.53. The quantitative estimate of drug-likeness (QED) is 0.516. The van der Waals surface area contributed by atoms with Crippen molar-refractivity contribution in [2.45, 2.75) is 19.4 Å². The lowest BCUT2D eigenvalue weighted by Crippen LogP contribution is -2.39. The van der Waals surface area contributed by atoms with E-state index in [1.54, 1.807) is 13.8 Å². The number of nitrogens with zero attached hydrogens (tertiary/aromatic N) is 1. The van der Waals surface area contributed by atoms with Crippen LogP contribution in [0.2, 0.25) is 0 Å². The third kappa shape index (κ3) is 1.34. The first kappa shape index (κ1) is 8.04.